The van der Waals surface area contributed by atoms with Crippen LogP contribution in [0.5, 0.6) is 0 Å². The summed E-state index contributed by atoms with van der Waals surface area (Å²) in [6.07, 6.45) is 0. The number of carbonyl (C=O) groups excluding carboxylic acids is 2. The number of rotatable bonds is 9. The summed E-state index contributed by atoms with van der Waals surface area (Å²) in [5, 5.41) is 5.47. The Kier molecular flexibility index (Phi) is 8.14. The number of halogens is 1. The third-order valence-electron chi connectivity index (χ3n) is 4.32. The second-order valence-electron chi connectivity index (χ2n) is 6.85. The van der Waals surface area contributed by atoms with Gasteiger partial charge in [0.2, 0.25) is 5.91 Å². The fourth-order valence-electron chi connectivity index (χ4n) is 2.67. The summed E-state index contributed by atoms with van der Waals surface area (Å²) in [4.78, 5) is 24.9. The van der Waals surface area contributed by atoms with Gasteiger partial charge in [0.15, 0.2) is 0 Å². The van der Waals surface area contributed by atoms with Crippen LogP contribution in [-0.2, 0) is 22.7 Å². The van der Waals surface area contributed by atoms with E-state index in [1.54, 1.807) is 6.07 Å². The molecule has 28 heavy (non-hydrogen) atoms. The Labute approximate surface area is 165 Å². The normalized spacial score (nSPS) is 11.9. The van der Waals surface area contributed by atoms with Gasteiger partial charge in [-0.05, 0) is 36.1 Å². The van der Waals surface area contributed by atoms with Crippen molar-refractivity contribution in [1.29, 1.82) is 0 Å². The Morgan fingerprint density at radius 1 is 1.04 bits per heavy atom. The van der Waals surface area contributed by atoms with E-state index < -0.39 is 17.8 Å². The number of amides is 2. The highest BCUT2D eigenvalue weighted by Crippen LogP contribution is 2.10. The molecule has 0 aliphatic carbocycles. The van der Waals surface area contributed by atoms with Crippen molar-refractivity contribution >= 4 is 11.8 Å². The van der Waals surface area contributed by atoms with Crippen molar-refractivity contribution in [2.24, 2.45) is 5.92 Å². The van der Waals surface area contributed by atoms with Crippen molar-refractivity contribution in [3.63, 3.8) is 0 Å². The summed E-state index contributed by atoms with van der Waals surface area (Å²) in [6.45, 7) is 7.16. The van der Waals surface area contributed by atoms with E-state index in [-0.39, 0.29) is 17.4 Å². The largest absolute Gasteiger partial charge is 0.377 e. The molecular formula is C22H27FN2O3. The molecule has 0 bridgehead atoms. The number of ether oxygens (including phenoxy) is 1. The quantitative estimate of drug-likeness (QED) is 0.694. The molecule has 0 radical (unpaired) electrons. The maximum Gasteiger partial charge on any atom is 0.254 e. The van der Waals surface area contributed by atoms with E-state index in [0.717, 1.165) is 11.1 Å². The molecular weight excluding hydrogens is 359 g/mol. The lowest BCUT2D eigenvalue weighted by Gasteiger charge is -2.22. The number of hydrogen-bond acceptors (Lipinski definition) is 3. The molecule has 5 nitrogen and oxygen atoms in total. The van der Waals surface area contributed by atoms with Crippen molar-refractivity contribution in [3.05, 3.63) is 71.0 Å². The van der Waals surface area contributed by atoms with Crippen LogP contribution in [0.4, 0.5) is 4.39 Å². The molecule has 1 unspecified atom stereocenters. The zero-order valence-corrected chi connectivity index (χ0v) is 16.5. The molecule has 0 fully saturated rings. The summed E-state index contributed by atoms with van der Waals surface area (Å²) in [5.74, 6) is -1.68. The Bertz CT molecular complexity index is 791. The summed E-state index contributed by atoms with van der Waals surface area (Å²) >= 11 is 0. The molecule has 2 aromatic carbocycles. The van der Waals surface area contributed by atoms with Crippen LogP contribution >= 0.6 is 0 Å². The van der Waals surface area contributed by atoms with Gasteiger partial charge in [-0.25, -0.2) is 4.39 Å². The van der Waals surface area contributed by atoms with E-state index >= 15 is 0 Å². The van der Waals surface area contributed by atoms with Crippen LogP contribution in [0, 0.1) is 11.7 Å². The predicted octanol–water partition coefficient (Wildman–Crippen LogP) is 3.43. The number of carbonyl (C=O) groups is 2. The predicted molar refractivity (Wildman–Crippen MR) is 106 cm³/mol. The number of nitrogens with one attached hydrogen (secondary N) is 2. The zero-order chi connectivity index (χ0) is 20.5. The second kappa shape index (κ2) is 10.6. The van der Waals surface area contributed by atoms with Crippen LogP contribution in [0.25, 0.3) is 0 Å². The van der Waals surface area contributed by atoms with Gasteiger partial charge >= 0.3 is 0 Å². The minimum atomic E-state index is -0.760. The van der Waals surface area contributed by atoms with Crippen molar-refractivity contribution in [3.8, 4) is 0 Å². The molecule has 150 valence electrons. The van der Waals surface area contributed by atoms with E-state index in [4.69, 9.17) is 4.74 Å². The van der Waals surface area contributed by atoms with Gasteiger partial charge in [0.25, 0.3) is 5.91 Å². The molecule has 2 amide bonds. The van der Waals surface area contributed by atoms with Crippen molar-refractivity contribution in [1.82, 2.24) is 10.6 Å². The Balaban J connectivity index is 1.95. The summed E-state index contributed by atoms with van der Waals surface area (Å²) in [6, 6.07) is 12.7. The van der Waals surface area contributed by atoms with Crippen LogP contribution < -0.4 is 10.6 Å². The van der Waals surface area contributed by atoms with Gasteiger partial charge in [0.1, 0.15) is 11.9 Å². The number of benzene rings is 2. The van der Waals surface area contributed by atoms with E-state index in [0.29, 0.717) is 19.8 Å². The molecule has 1 atom stereocenters. The first-order valence-electron chi connectivity index (χ1n) is 9.41. The maximum atomic E-state index is 13.8. The molecule has 0 aromatic heterocycles. The highest BCUT2D eigenvalue weighted by Gasteiger charge is 2.25. The molecule has 0 saturated carbocycles. The van der Waals surface area contributed by atoms with Crippen molar-refractivity contribution in [2.45, 2.75) is 40.0 Å². The first-order valence-corrected chi connectivity index (χ1v) is 9.41. The van der Waals surface area contributed by atoms with Crippen LogP contribution in [0.1, 0.15) is 42.3 Å². The standard InChI is InChI=1S/C22H27FN2O3/c1-4-28-14-17-11-9-16(10-12-17)13-24-22(27)20(15(2)3)25-21(26)18-7-5-6-8-19(18)23/h5-12,15,20H,4,13-14H2,1-3H3,(H,24,27)(H,25,26). The van der Waals surface area contributed by atoms with Gasteiger partial charge in [-0.1, -0.05) is 50.2 Å². The van der Waals surface area contributed by atoms with Gasteiger partial charge in [-0.15, -0.1) is 0 Å². The van der Waals surface area contributed by atoms with E-state index in [1.807, 2.05) is 45.0 Å². The van der Waals surface area contributed by atoms with Gasteiger partial charge in [0.05, 0.1) is 12.2 Å². The summed E-state index contributed by atoms with van der Waals surface area (Å²) < 4.78 is 19.2. The third-order valence-corrected chi connectivity index (χ3v) is 4.32. The molecule has 0 aliphatic heterocycles. The van der Waals surface area contributed by atoms with Gasteiger partial charge < -0.3 is 15.4 Å². The highest BCUT2D eigenvalue weighted by molar-refractivity contribution is 5.97. The lowest BCUT2D eigenvalue weighted by Crippen LogP contribution is -2.49. The first-order chi connectivity index (χ1) is 13.4. The van der Waals surface area contributed by atoms with Crippen LogP contribution in [-0.4, -0.2) is 24.5 Å². The summed E-state index contributed by atoms with van der Waals surface area (Å²) in [7, 11) is 0. The Morgan fingerprint density at radius 2 is 1.68 bits per heavy atom. The maximum absolute atomic E-state index is 13.8. The fraction of sp³-hybridized carbons (Fsp3) is 0.364. The number of hydrogen-bond donors (Lipinski definition) is 2. The van der Waals surface area contributed by atoms with E-state index in [1.165, 1.54) is 18.2 Å². The van der Waals surface area contributed by atoms with Crippen molar-refractivity contribution in [2.75, 3.05) is 6.61 Å². The van der Waals surface area contributed by atoms with Crippen molar-refractivity contribution < 1.29 is 18.7 Å². The monoisotopic (exact) mass is 386 g/mol. The molecule has 0 aliphatic rings. The second-order valence-corrected chi connectivity index (χ2v) is 6.85. The minimum absolute atomic E-state index is 0.0779. The average Bonchev–Trinajstić information content (AvgIpc) is 2.69. The zero-order valence-electron chi connectivity index (χ0n) is 16.5. The molecule has 2 rings (SSSR count). The SMILES string of the molecule is CCOCc1ccc(CNC(=O)C(NC(=O)c2ccccc2F)C(C)C)cc1. The molecule has 6 heteroatoms. The van der Waals surface area contributed by atoms with Crippen LogP contribution in [0.2, 0.25) is 0 Å². The summed E-state index contributed by atoms with van der Waals surface area (Å²) in [5.41, 5.74) is 1.93. The van der Waals surface area contributed by atoms with E-state index in [2.05, 4.69) is 10.6 Å². The molecule has 0 heterocycles. The van der Waals surface area contributed by atoms with E-state index in [9.17, 15) is 14.0 Å². The Morgan fingerprint density at radius 3 is 2.29 bits per heavy atom. The van der Waals surface area contributed by atoms with Gasteiger partial charge in [0, 0.05) is 13.2 Å². The molecule has 2 aromatic rings. The lowest BCUT2D eigenvalue weighted by molar-refractivity contribution is -0.124. The van der Waals surface area contributed by atoms with Gasteiger partial charge in [-0.2, -0.15) is 0 Å². The lowest BCUT2D eigenvalue weighted by atomic mass is 10.0. The fourth-order valence-corrected chi connectivity index (χ4v) is 2.67. The topological polar surface area (TPSA) is 67.4 Å². The highest BCUT2D eigenvalue weighted by atomic mass is 19.1. The van der Waals surface area contributed by atoms with Gasteiger partial charge in [-0.3, -0.25) is 9.59 Å². The molecule has 2 N–H and O–H groups in total. The molecule has 0 saturated heterocycles. The smallest absolute Gasteiger partial charge is 0.254 e. The van der Waals surface area contributed by atoms with Crippen LogP contribution in [0.3, 0.4) is 0 Å². The first kappa shape index (κ1) is 21.6. The average molecular weight is 386 g/mol. The third kappa shape index (κ3) is 6.16. The minimum Gasteiger partial charge on any atom is -0.377 e. The molecule has 0 spiro atoms. The Hall–Kier alpha value is -2.73. The van der Waals surface area contributed by atoms with Crippen LogP contribution in [0.15, 0.2) is 48.5 Å².